The number of rotatable bonds is 6. The minimum absolute atomic E-state index is 0.00430. The number of hydrogen-bond donors (Lipinski definition) is 0. The molecule has 10 nitrogen and oxygen atoms in total. The van der Waals surface area contributed by atoms with E-state index in [9.17, 15) is 18.0 Å². The normalized spacial score (nSPS) is 17.2. The second-order valence-corrected chi connectivity index (χ2v) is 8.60. The topological polar surface area (TPSA) is 112 Å². The molecule has 0 atom stereocenters. The van der Waals surface area contributed by atoms with Crippen LogP contribution in [0.15, 0.2) is 58.8 Å². The largest absolute Gasteiger partial charge is 0.495 e. The van der Waals surface area contributed by atoms with Crippen molar-refractivity contribution >= 4 is 27.6 Å². The summed E-state index contributed by atoms with van der Waals surface area (Å²) in [5.74, 6) is -1.29. The smallest absolute Gasteiger partial charge is 0.355 e. The number of anilines is 1. The van der Waals surface area contributed by atoms with Crippen molar-refractivity contribution in [1.29, 1.82) is 0 Å². The van der Waals surface area contributed by atoms with Gasteiger partial charge in [0, 0.05) is 19.3 Å². The minimum Gasteiger partial charge on any atom is -0.495 e. The van der Waals surface area contributed by atoms with E-state index in [0.717, 1.165) is 0 Å². The number of benzene rings is 1. The van der Waals surface area contributed by atoms with Gasteiger partial charge >= 0.3 is 11.9 Å². The van der Waals surface area contributed by atoms with Crippen LogP contribution in [0.3, 0.4) is 0 Å². The van der Waals surface area contributed by atoms with Crippen LogP contribution in [-0.2, 0) is 33.8 Å². The molecule has 0 spiro atoms. The summed E-state index contributed by atoms with van der Waals surface area (Å²) < 4.78 is 48.1. The first kappa shape index (κ1) is 23.5. The van der Waals surface area contributed by atoms with E-state index in [1.165, 1.54) is 61.0 Å². The fourth-order valence-corrected chi connectivity index (χ4v) is 4.73. The van der Waals surface area contributed by atoms with Gasteiger partial charge in [-0.1, -0.05) is 6.08 Å². The third kappa shape index (κ3) is 4.54. The molecular formula is C21H24N2O8S. The molecule has 0 bridgehead atoms. The maximum atomic E-state index is 13.2. The Labute approximate surface area is 186 Å². The van der Waals surface area contributed by atoms with Gasteiger partial charge < -0.3 is 23.8 Å². The van der Waals surface area contributed by atoms with Gasteiger partial charge in [0.15, 0.2) is 0 Å². The summed E-state index contributed by atoms with van der Waals surface area (Å²) in [6, 6.07) is 4.30. The summed E-state index contributed by atoms with van der Waals surface area (Å²) in [7, 11) is -0.0442. The number of allylic oxidation sites excluding steroid dienone is 2. The molecule has 1 aromatic rings. The summed E-state index contributed by atoms with van der Waals surface area (Å²) in [4.78, 5) is 26.4. The molecule has 0 radical (unpaired) electrons. The standard InChI is InChI=1S/C21H24N2O8S/c1-28-18-8-7-15(32(26,27)22-10-12-31-13-11-22)14-17(18)23-9-5-4-6-16(20(24)29-2)19(23)21(25)30-3/h4-9,14H,10-13H2,1-3H3. The Morgan fingerprint density at radius 2 is 1.69 bits per heavy atom. The first-order valence-electron chi connectivity index (χ1n) is 9.66. The summed E-state index contributed by atoms with van der Waals surface area (Å²) in [6.07, 6.45) is 6.05. The zero-order valence-electron chi connectivity index (χ0n) is 17.9. The molecule has 0 aromatic heterocycles. The van der Waals surface area contributed by atoms with Crippen molar-refractivity contribution in [1.82, 2.24) is 4.31 Å². The van der Waals surface area contributed by atoms with E-state index in [1.54, 1.807) is 12.2 Å². The molecule has 2 aliphatic heterocycles. The lowest BCUT2D eigenvalue weighted by Gasteiger charge is -2.28. The maximum Gasteiger partial charge on any atom is 0.355 e. The van der Waals surface area contributed by atoms with E-state index in [4.69, 9.17) is 18.9 Å². The lowest BCUT2D eigenvalue weighted by Crippen LogP contribution is -2.40. The molecule has 1 fully saturated rings. The predicted molar refractivity (Wildman–Crippen MR) is 114 cm³/mol. The molecule has 0 N–H and O–H groups in total. The van der Waals surface area contributed by atoms with E-state index >= 15 is 0 Å². The van der Waals surface area contributed by atoms with Crippen molar-refractivity contribution in [2.45, 2.75) is 4.90 Å². The number of methoxy groups -OCH3 is 3. The van der Waals surface area contributed by atoms with Gasteiger partial charge in [-0.25, -0.2) is 18.0 Å². The van der Waals surface area contributed by atoms with Crippen LogP contribution in [0.1, 0.15) is 0 Å². The van der Waals surface area contributed by atoms with Crippen molar-refractivity contribution < 1.29 is 37.0 Å². The van der Waals surface area contributed by atoms with E-state index in [-0.39, 0.29) is 40.7 Å². The average molecular weight is 464 g/mol. The fourth-order valence-electron chi connectivity index (χ4n) is 3.31. The molecule has 1 saturated heterocycles. The monoisotopic (exact) mass is 464 g/mol. The van der Waals surface area contributed by atoms with Gasteiger partial charge in [-0.15, -0.1) is 0 Å². The second kappa shape index (κ2) is 9.98. The Morgan fingerprint density at radius 1 is 1.00 bits per heavy atom. The summed E-state index contributed by atoms with van der Waals surface area (Å²) in [5.41, 5.74) is 0.0139. The van der Waals surface area contributed by atoms with Gasteiger partial charge in [-0.05, 0) is 30.4 Å². The molecule has 3 rings (SSSR count). The van der Waals surface area contributed by atoms with Gasteiger partial charge in [-0.3, -0.25) is 0 Å². The third-order valence-corrected chi connectivity index (χ3v) is 6.80. The predicted octanol–water partition coefficient (Wildman–Crippen LogP) is 1.21. The average Bonchev–Trinajstić information content (AvgIpc) is 3.06. The van der Waals surface area contributed by atoms with Gasteiger partial charge in [0.2, 0.25) is 10.0 Å². The van der Waals surface area contributed by atoms with Crippen LogP contribution >= 0.6 is 0 Å². The molecule has 2 aliphatic rings. The van der Waals surface area contributed by atoms with Crippen LogP contribution < -0.4 is 9.64 Å². The Morgan fingerprint density at radius 3 is 2.31 bits per heavy atom. The highest BCUT2D eigenvalue weighted by Crippen LogP contribution is 2.36. The molecule has 0 amide bonds. The summed E-state index contributed by atoms with van der Waals surface area (Å²) >= 11 is 0. The third-order valence-electron chi connectivity index (χ3n) is 4.91. The van der Waals surface area contributed by atoms with Crippen LogP contribution in [0, 0.1) is 0 Å². The molecule has 172 valence electrons. The zero-order chi connectivity index (χ0) is 23.3. The van der Waals surface area contributed by atoms with E-state index in [0.29, 0.717) is 13.2 Å². The van der Waals surface area contributed by atoms with Crippen LogP contribution in [0.5, 0.6) is 5.75 Å². The quantitative estimate of drug-likeness (QED) is 0.573. The van der Waals surface area contributed by atoms with Crippen molar-refractivity contribution in [3.63, 3.8) is 0 Å². The highest BCUT2D eigenvalue weighted by atomic mass is 32.2. The van der Waals surface area contributed by atoms with Crippen molar-refractivity contribution in [3.05, 3.63) is 53.9 Å². The highest BCUT2D eigenvalue weighted by molar-refractivity contribution is 7.89. The zero-order valence-corrected chi connectivity index (χ0v) is 18.8. The minimum atomic E-state index is -3.83. The Kier molecular flexibility index (Phi) is 7.33. The number of ether oxygens (including phenoxy) is 4. The van der Waals surface area contributed by atoms with Crippen LogP contribution in [-0.4, -0.2) is 72.3 Å². The van der Waals surface area contributed by atoms with E-state index in [2.05, 4.69) is 0 Å². The number of morpholine rings is 1. The number of esters is 2. The van der Waals surface area contributed by atoms with Gasteiger partial charge in [0.1, 0.15) is 11.4 Å². The molecule has 2 heterocycles. The number of nitrogens with zero attached hydrogens (tertiary/aromatic N) is 2. The molecule has 11 heteroatoms. The molecule has 0 aliphatic carbocycles. The number of sulfonamides is 1. The summed E-state index contributed by atoms with van der Waals surface area (Å²) in [6.45, 7) is 1.08. The second-order valence-electron chi connectivity index (χ2n) is 6.67. The van der Waals surface area contributed by atoms with Gasteiger partial charge in [0.05, 0.1) is 50.7 Å². The van der Waals surface area contributed by atoms with Crippen LogP contribution in [0.25, 0.3) is 0 Å². The number of hydrogen-bond acceptors (Lipinski definition) is 9. The number of carbonyl (C=O) groups is 2. The van der Waals surface area contributed by atoms with E-state index < -0.39 is 22.0 Å². The van der Waals surface area contributed by atoms with Crippen LogP contribution in [0.4, 0.5) is 5.69 Å². The first-order valence-corrected chi connectivity index (χ1v) is 11.1. The van der Waals surface area contributed by atoms with Crippen molar-refractivity contribution in [3.8, 4) is 5.75 Å². The number of carbonyl (C=O) groups excluding carboxylic acids is 2. The highest BCUT2D eigenvalue weighted by Gasteiger charge is 2.31. The van der Waals surface area contributed by atoms with E-state index in [1.807, 2.05) is 0 Å². The molecular weight excluding hydrogens is 440 g/mol. The summed E-state index contributed by atoms with van der Waals surface area (Å²) in [5, 5.41) is 0. The van der Waals surface area contributed by atoms with Gasteiger partial charge in [0.25, 0.3) is 0 Å². The fraction of sp³-hybridized carbons (Fsp3) is 0.333. The Hall–Kier alpha value is -3.15. The lowest BCUT2D eigenvalue weighted by atomic mass is 10.1. The Balaban J connectivity index is 2.19. The molecule has 0 unspecified atom stereocenters. The van der Waals surface area contributed by atoms with Crippen molar-refractivity contribution in [2.24, 2.45) is 0 Å². The molecule has 0 saturated carbocycles. The lowest BCUT2D eigenvalue weighted by molar-refractivity contribution is -0.139. The van der Waals surface area contributed by atoms with Crippen LogP contribution in [0.2, 0.25) is 0 Å². The first-order chi connectivity index (χ1) is 15.3. The van der Waals surface area contributed by atoms with Crippen molar-refractivity contribution in [2.75, 3.05) is 52.5 Å². The maximum absolute atomic E-state index is 13.2. The molecule has 32 heavy (non-hydrogen) atoms. The molecule has 1 aromatic carbocycles. The Bertz CT molecular complexity index is 1090. The SMILES string of the molecule is COC(=O)C1=C(C(=O)OC)N(c2cc(S(=O)(=O)N3CCOCC3)ccc2OC)C=CC=C1. The van der Waals surface area contributed by atoms with Gasteiger partial charge in [-0.2, -0.15) is 4.31 Å².